The lowest BCUT2D eigenvalue weighted by atomic mass is 10.2. The monoisotopic (exact) mass is 229 g/mol. The Hall–Kier alpha value is -1.81. The highest BCUT2D eigenvalue weighted by molar-refractivity contribution is 5.64. The number of nitrogens with zero attached hydrogens (tertiary/aromatic N) is 2. The Balaban J connectivity index is 1.90. The fraction of sp³-hybridized carbons (Fsp3) is 0.308. The van der Waals surface area contributed by atoms with Gasteiger partial charge in [0.2, 0.25) is 0 Å². The molecule has 0 fully saturated rings. The van der Waals surface area contributed by atoms with Crippen LogP contribution in [0.4, 0.5) is 11.7 Å². The standard InChI is InChI=1S/C13H15N3O/c1-14-8-11-9-17-13(15-11)16-7-6-10-4-2-3-5-12(10)16/h2-5,9,14H,6-8H2,1H3. The molecule has 2 aromatic rings. The third-order valence-electron chi connectivity index (χ3n) is 3.02. The van der Waals surface area contributed by atoms with E-state index >= 15 is 0 Å². The van der Waals surface area contributed by atoms with Gasteiger partial charge >= 0.3 is 6.01 Å². The van der Waals surface area contributed by atoms with E-state index in [1.54, 1.807) is 6.26 Å². The number of oxazole rings is 1. The molecule has 1 N–H and O–H groups in total. The molecule has 0 bridgehead atoms. The lowest BCUT2D eigenvalue weighted by Gasteiger charge is -2.13. The maximum Gasteiger partial charge on any atom is 0.302 e. The van der Waals surface area contributed by atoms with Gasteiger partial charge in [-0.05, 0) is 25.1 Å². The molecule has 17 heavy (non-hydrogen) atoms. The Bertz CT molecular complexity index is 521. The average Bonchev–Trinajstić information content (AvgIpc) is 2.95. The molecule has 88 valence electrons. The first-order chi connectivity index (χ1) is 8.38. The van der Waals surface area contributed by atoms with Crippen LogP contribution in [0.25, 0.3) is 0 Å². The fourth-order valence-corrected chi connectivity index (χ4v) is 2.22. The predicted molar refractivity (Wildman–Crippen MR) is 66.4 cm³/mol. The summed E-state index contributed by atoms with van der Waals surface area (Å²) in [6.07, 6.45) is 2.77. The largest absolute Gasteiger partial charge is 0.431 e. The summed E-state index contributed by atoms with van der Waals surface area (Å²) >= 11 is 0. The minimum absolute atomic E-state index is 0.695. The summed E-state index contributed by atoms with van der Waals surface area (Å²) in [5.41, 5.74) is 3.51. The molecule has 1 aliphatic heterocycles. The highest BCUT2D eigenvalue weighted by atomic mass is 16.4. The van der Waals surface area contributed by atoms with E-state index in [9.17, 15) is 0 Å². The topological polar surface area (TPSA) is 41.3 Å². The van der Waals surface area contributed by atoms with Crippen LogP contribution in [-0.4, -0.2) is 18.6 Å². The summed E-state index contributed by atoms with van der Waals surface area (Å²) in [5, 5.41) is 3.07. The van der Waals surface area contributed by atoms with E-state index in [2.05, 4.69) is 39.5 Å². The summed E-state index contributed by atoms with van der Waals surface area (Å²) in [7, 11) is 1.90. The lowest BCUT2D eigenvalue weighted by molar-refractivity contribution is 0.554. The lowest BCUT2D eigenvalue weighted by Crippen LogP contribution is -2.14. The minimum atomic E-state index is 0.695. The second-order valence-electron chi connectivity index (χ2n) is 4.18. The molecular weight excluding hydrogens is 214 g/mol. The van der Waals surface area contributed by atoms with E-state index in [1.165, 1.54) is 11.3 Å². The van der Waals surface area contributed by atoms with Gasteiger partial charge in [-0.15, -0.1) is 0 Å². The van der Waals surface area contributed by atoms with E-state index in [-0.39, 0.29) is 0 Å². The van der Waals surface area contributed by atoms with Crippen molar-refractivity contribution in [1.82, 2.24) is 10.3 Å². The van der Waals surface area contributed by atoms with Gasteiger partial charge in [0.05, 0.1) is 5.69 Å². The molecule has 0 atom stereocenters. The van der Waals surface area contributed by atoms with Gasteiger partial charge in [0.25, 0.3) is 0 Å². The van der Waals surface area contributed by atoms with Gasteiger partial charge in [0.1, 0.15) is 6.26 Å². The number of fused-ring (bicyclic) bond motifs is 1. The van der Waals surface area contributed by atoms with E-state index in [4.69, 9.17) is 4.42 Å². The van der Waals surface area contributed by atoms with Crippen LogP contribution in [-0.2, 0) is 13.0 Å². The Morgan fingerprint density at radius 2 is 2.29 bits per heavy atom. The number of hydrogen-bond donors (Lipinski definition) is 1. The molecule has 0 saturated heterocycles. The zero-order chi connectivity index (χ0) is 11.7. The van der Waals surface area contributed by atoms with Gasteiger partial charge in [-0.3, -0.25) is 4.90 Å². The molecule has 1 aromatic carbocycles. The SMILES string of the molecule is CNCc1coc(N2CCc3ccccc32)n1. The molecule has 0 unspecified atom stereocenters. The zero-order valence-corrected chi connectivity index (χ0v) is 9.81. The molecule has 0 aliphatic carbocycles. The molecule has 0 radical (unpaired) electrons. The van der Waals surface area contributed by atoms with Gasteiger partial charge in [-0.1, -0.05) is 18.2 Å². The van der Waals surface area contributed by atoms with Crippen LogP contribution in [0.15, 0.2) is 34.9 Å². The molecule has 4 heteroatoms. The average molecular weight is 229 g/mol. The van der Waals surface area contributed by atoms with Crippen LogP contribution in [0.5, 0.6) is 0 Å². The molecule has 0 amide bonds. The Kier molecular flexibility index (Phi) is 2.57. The van der Waals surface area contributed by atoms with Crippen molar-refractivity contribution in [1.29, 1.82) is 0 Å². The number of para-hydroxylation sites is 1. The van der Waals surface area contributed by atoms with Gasteiger partial charge in [0.15, 0.2) is 0 Å². The van der Waals surface area contributed by atoms with Gasteiger partial charge in [0, 0.05) is 18.8 Å². The van der Waals surface area contributed by atoms with Crippen molar-refractivity contribution in [3.8, 4) is 0 Å². The fourth-order valence-electron chi connectivity index (χ4n) is 2.22. The van der Waals surface area contributed by atoms with Crippen molar-refractivity contribution < 1.29 is 4.42 Å². The first-order valence-electron chi connectivity index (χ1n) is 5.83. The second-order valence-corrected chi connectivity index (χ2v) is 4.18. The van der Waals surface area contributed by atoms with E-state index < -0.39 is 0 Å². The van der Waals surface area contributed by atoms with Crippen LogP contribution >= 0.6 is 0 Å². The van der Waals surface area contributed by atoms with Crippen LogP contribution in [0.3, 0.4) is 0 Å². The third kappa shape index (κ3) is 1.80. The quantitative estimate of drug-likeness (QED) is 0.875. The van der Waals surface area contributed by atoms with Crippen LogP contribution < -0.4 is 10.2 Å². The minimum Gasteiger partial charge on any atom is -0.431 e. The third-order valence-corrected chi connectivity index (χ3v) is 3.02. The highest BCUT2D eigenvalue weighted by Crippen LogP contribution is 2.33. The number of anilines is 2. The molecule has 4 nitrogen and oxygen atoms in total. The van der Waals surface area contributed by atoms with E-state index in [0.717, 1.165) is 25.2 Å². The molecule has 1 aromatic heterocycles. The van der Waals surface area contributed by atoms with Crippen LogP contribution in [0, 0.1) is 0 Å². The number of aromatic nitrogens is 1. The van der Waals surface area contributed by atoms with Crippen molar-refractivity contribution in [3.63, 3.8) is 0 Å². The number of rotatable bonds is 3. The van der Waals surface area contributed by atoms with E-state index in [0.29, 0.717) is 6.01 Å². The van der Waals surface area contributed by atoms with Crippen molar-refractivity contribution in [2.75, 3.05) is 18.5 Å². The Labute approximate surface area is 100 Å². The number of benzene rings is 1. The molecule has 1 aliphatic rings. The first-order valence-corrected chi connectivity index (χ1v) is 5.83. The van der Waals surface area contributed by atoms with E-state index in [1.807, 2.05) is 7.05 Å². The molecule has 3 rings (SSSR count). The van der Waals surface area contributed by atoms with Crippen LogP contribution in [0.1, 0.15) is 11.3 Å². The maximum absolute atomic E-state index is 5.53. The molecular formula is C13H15N3O. The van der Waals surface area contributed by atoms with Crippen molar-refractivity contribution in [3.05, 3.63) is 41.8 Å². The summed E-state index contributed by atoms with van der Waals surface area (Å²) in [5.74, 6) is 0. The number of nitrogens with one attached hydrogen (secondary N) is 1. The Morgan fingerprint density at radius 3 is 3.18 bits per heavy atom. The molecule has 2 heterocycles. The Morgan fingerprint density at radius 1 is 1.41 bits per heavy atom. The summed E-state index contributed by atoms with van der Waals surface area (Å²) < 4.78 is 5.53. The van der Waals surface area contributed by atoms with Gasteiger partial charge in [-0.2, -0.15) is 4.98 Å². The summed E-state index contributed by atoms with van der Waals surface area (Å²) in [6, 6.07) is 9.09. The molecule has 0 spiro atoms. The first kappa shape index (κ1) is 10.4. The highest BCUT2D eigenvalue weighted by Gasteiger charge is 2.23. The van der Waals surface area contributed by atoms with Crippen molar-refractivity contribution in [2.45, 2.75) is 13.0 Å². The number of hydrogen-bond acceptors (Lipinski definition) is 4. The van der Waals surface area contributed by atoms with Crippen molar-refractivity contribution >= 4 is 11.7 Å². The predicted octanol–water partition coefficient (Wildman–Crippen LogP) is 2.09. The van der Waals surface area contributed by atoms with Gasteiger partial charge < -0.3 is 9.73 Å². The van der Waals surface area contributed by atoms with Gasteiger partial charge in [-0.25, -0.2) is 0 Å². The normalized spacial score (nSPS) is 14.1. The summed E-state index contributed by atoms with van der Waals surface area (Å²) in [4.78, 5) is 6.61. The zero-order valence-electron chi connectivity index (χ0n) is 9.81. The maximum atomic E-state index is 5.53. The smallest absolute Gasteiger partial charge is 0.302 e. The second kappa shape index (κ2) is 4.22. The summed E-state index contributed by atoms with van der Waals surface area (Å²) in [6.45, 7) is 1.68. The van der Waals surface area contributed by atoms with Crippen molar-refractivity contribution in [2.24, 2.45) is 0 Å². The molecule has 0 saturated carbocycles. The van der Waals surface area contributed by atoms with Crippen LogP contribution in [0.2, 0.25) is 0 Å².